The van der Waals surface area contributed by atoms with Gasteiger partial charge in [-0.25, -0.2) is 0 Å². The molecule has 0 radical (unpaired) electrons. The van der Waals surface area contributed by atoms with Gasteiger partial charge in [-0.2, -0.15) is 11.8 Å². The predicted octanol–water partition coefficient (Wildman–Crippen LogP) is 1.69. The summed E-state index contributed by atoms with van der Waals surface area (Å²) < 4.78 is 0. The first-order valence-electron chi connectivity index (χ1n) is 5.34. The number of carbonyl (C=O) groups excluding carboxylic acids is 1. The maximum Gasteiger partial charge on any atom is 0.225 e. The van der Waals surface area contributed by atoms with E-state index in [0.29, 0.717) is 13.0 Å². The summed E-state index contributed by atoms with van der Waals surface area (Å²) in [5.41, 5.74) is 6.99. The Morgan fingerprint density at radius 1 is 1.41 bits per heavy atom. The fourth-order valence-corrected chi connectivity index (χ4v) is 1.60. The molecule has 0 aliphatic heterocycles. The molecule has 3 N–H and O–H groups in total. The smallest absolute Gasteiger partial charge is 0.225 e. The second-order valence-electron chi connectivity index (χ2n) is 3.37. The minimum atomic E-state index is 0.0418. The number of rotatable bonds is 4. The van der Waals surface area contributed by atoms with E-state index >= 15 is 0 Å². The highest BCUT2D eigenvalue weighted by molar-refractivity contribution is 7.98. The van der Waals surface area contributed by atoms with Crippen LogP contribution in [-0.2, 0) is 4.79 Å². The lowest BCUT2D eigenvalue weighted by molar-refractivity contribution is -0.115. The Hall–Kier alpha value is -1.44. The molecule has 17 heavy (non-hydrogen) atoms. The number of anilines is 1. The largest absolute Gasteiger partial charge is 0.326 e. The van der Waals surface area contributed by atoms with Gasteiger partial charge in [-0.3, -0.25) is 4.79 Å². The van der Waals surface area contributed by atoms with Gasteiger partial charge in [-0.15, -0.1) is 0 Å². The monoisotopic (exact) mass is 248 g/mol. The highest BCUT2D eigenvalue weighted by Gasteiger charge is 2.00. The molecule has 0 bridgehead atoms. The van der Waals surface area contributed by atoms with Crippen molar-refractivity contribution in [2.45, 2.75) is 6.42 Å². The van der Waals surface area contributed by atoms with Crippen molar-refractivity contribution in [2.75, 3.05) is 23.9 Å². The van der Waals surface area contributed by atoms with E-state index in [9.17, 15) is 4.79 Å². The van der Waals surface area contributed by atoms with Crippen molar-refractivity contribution in [3.8, 4) is 11.8 Å². The van der Waals surface area contributed by atoms with Crippen molar-refractivity contribution in [1.82, 2.24) is 0 Å². The maximum atomic E-state index is 11.5. The molecule has 0 heterocycles. The summed E-state index contributed by atoms with van der Waals surface area (Å²) in [5, 5.41) is 2.83. The Morgan fingerprint density at radius 3 is 2.71 bits per heavy atom. The molecular weight excluding hydrogens is 232 g/mol. The minimum absolute atomic E-state index is 0.0418. The van der Waals surface area contributed by atoms with Gasteiger partial charge in [0.05, 0.1) is 6.54 Å². The first-order chi connectivity index (χ1) is 8.26. The summed E-state index contributed by atoms with van der Waals surface area (Å²) >= 11 is 1.66. The van der Waals surface area contributed by atoms with E-state index in [1.807, 2.05) is 30.5 Å². The topological polar surface area (TPSA) is 55.1 Å². The molecule has 0 aromatic heterocycles. The van der Waals surface area contributed by atoms with Crippen LogP contribution in [0.1, 0.15) is 12.0 Å². The molecule has 1 aromatic carbocycles. The van der Waals surface area contributed by atoms with Crippen LogP contribution in [0.2, 0.25) is 0 Å². The van der Waals surface area contributed by atoms with Gasteiger partial charge in [0, 0.05) is 23.4 Å². The molecular formula is C13H16N2OS. The highest BCUT2D eigenvalue weighted by atomic mass is 32.2. The Balaban J connectivity index is 2.53. The summed E-state index contributed by atoms with van der Waals surface area (Å²) in [6.07, 6.45) is 2.52. The average molecular weight is 248 g/mol. The number of nitrogens with one attached hydrogen (secondary N) is 1. The molecule has 1 rings (SSSR count). The van der Waals surface area contributed by atoms with E-state index in [2.05, 4.69) is 17.2 Å². The van der Waals surface area contributed by atoms with E-state index in [-0.39, 0.29) is 5.91 Å². The first-order valence-corrected chi connectivity index (χ1v) is 6.73. The Kier molecular flexibility index (Phi) is 6.23. The van der Waals surface area contributed by atoms with Gasteiger partial charge in [0.25, 0.3) is 0 Å². The zero-order valence-corrected chi connectivity index (χ0v) is 10.6. The van der Waals surface area contributed by atoms with Crippen LogP contribution in [0.15, 0.2) is 24.3 Å². The van der Waals surface area contributed by atoms with Crippen molar-refractivity contribution in [3.63, 3.8) is 0 Å². The van der Waals surface area contributed by atoms with E-state index in [0.717, 1.165) is 17.0 Å². The first kappa shape index (κ1) is 13.6. The molecule has 3 nitrogen and oxygen atoms in total. The van der Waals surface area contributed by atoms with E-state index in [1.165, 1.54) is 0 Å². The molecule has 0 saturated carbocycles. The van der Waals surface area contributed by atoms with Crippen LogP contribution >= 0.6 is 11.8 Å². The van der Waals surface area contributed by atoms with Gasteiger partial charge in [-0.1, -0.05) is 11.8 Å². The molecule has 0 fully saturated rings. The Morgan fingerprint density at radius 2 is 2.12 bits per heavy atom. The number of carbonyl (C=O) groups is 1. The summed E-state index contributed by atoms with van der Waals surface area (Å²) in [4.78, 5) is 11.5. The quantitative estimate of drug-likeness (QED) is 0.797. The van der Waals surface area contributed by atoms with Crippen LogP contribution in [0, 0.1) is 11.8 Å². The number of hydrogen-bond donors (Lipinski definition) is 2. The molecule has 4 heteroatoms. The minimum Gasteiger partial charge on any atom is -0.326 e. The predicted molar refractivity (Wildman–Crippen MR) is 74.0 cm³/mol. The van der Waals surface area contributed by atoms with Crippen molar-refractivity contribution in [1.29, 1.82) is 0 Å². The van der Waals surface area contributed by atoms with Crippen LogP contribution in [0.25, 0.3) is 0 Å². The summed E-state index contributed by atoms with van der Waals surface area (Å²) in [6, 6.07) is 7.43. The van der Waals surface area contributed by atoms with Crippen LogP contribution in [0.4, 0.5) is 5.69 Å². The fourth-order valence-electron chi connectivity index (χ4n) is 1.21. The third-order valence-corrected chi connectivity index (χ3v) is 2.65. The number of nitrogens with two attached hydrogens (primary N) is 1. The lowest BCUT2D eigenvalue weighted by Crippen LogP contribution is -2.11. The third-order valence-electron chi connectivity index (χ3n) is 2.04. The summed E-state index contributed by atoms with van der Waals surface area (Å²) in [5.74, 6) is 6.59. The fraction of sp³-hybridized carbons (Fsp3) is 0.308. The van der Waals surface area contributed by atoms with Gasteiger partial charge in [-0.05, 0) is 30.5 Å². The van der Waals surface area contributed by atoms with Crippen LogP contribution < -0.4 is 11.1 Å². The van der Waals surface area contributed by atoms with E-state index in [1.54, 1.807) is 11.8 Å². The van der Waals surface area contributed by atoms with Gasteiger partial charge in [0.15, 0.2) is 0 Å². The summed E-state index contributed by atoms with van der Waals surface area (Å²) in [6.45, 7) is 0.354. The maximum absolute atomic E-state index is 11.5. The van der Waals surface area contributed by atoms with Gasteiger partial charge in [0.1, 0.15) is 0 Å². The lowest BCUT2D eigenvalue weighted by atomic mass is 10.2. The number of amides is 1. The van der Waals surface area contributed by atoms with Crippen molar-refractivity contribution < 1.29 is 4.79 Å². The van der Waals surface area contributed by atoms with Gasteiger partial charge >= 0.3 is 0 Å². The van der Waals surface area contributed by atoms with Crippen molar-refractivity contribution in [2.24, 2.45) is 5.73 Å². The molecule has 0 saturated heterocycles. The van der Waals surface area contributed by atoms with Crippen molar-refractivity contribution in [3.05, 3.63) is 29.8 Å². The Bertz CT molecular complexity index is 417. The average Bonchev–Trinajstić information content (AvgIpc) is 2.35. The molecule has 0 aliphatic carbocycles. The van der Waals surface area contributed by atoms with Crippen LogP contribution in [0.3, 0.4) is 0 Å². The van der Waals surface area contributed by atoms with Gasteiger partial charge in [0.2, 0.25) is 5.91 Å². The second kappa shape index (κ2) is 7.77. The number of thioether (sulfide) groups is 1. The van der Waals surface area contributed by atoms with E-state index in [4.69, 9.17) is 5.73 Å². The summed E-state index contributed by atoms with van der Waals surface area (Å²) in [7, 11) is 0. The highest BCUT2D eigenvalue weighted by Crippen LogP contribution is 2.09. The zero-order chi connectivity index (χ0) is 12.5. The van der Waals surface area contributed by atoms with Crippen LogP contribution in [0.5, 0.6) is 0 Å². The van der Waals surface area contributed by atoms with Gasteiger partial charge < -0.3 is 11.1 Å². The molecule has 0 aliphatic rings. The second-order valence-corrected chi connectivity index (χ2v) is 4.36. The third kappa shape index (κ3) is 5.43. The normalized spacial score (nSPS) is 9.29. The standard InChI is InChI=1S/C13H16N2OS/c1-17-10-8-13(16)15-12-6-4-11(5-7-12)3-2-9-14/h4-7H,8-10,14H2,1H3,(H,15,16). The zero-order valence-electron chi connectivity index (χ0n) is 9.82. The SMILES string of the molecule is CSCCC(=O)Nc1ccc(C#CCN)cc1. The number of benzene rings is 1. The molecule has 0 atom stereocenters. The Labute approximate surface area is 106 Å². The van der Waals surface area contributed by atoms with Crippen LogP contribution in [-0.4, -0.2) is 24.5 Å². The lowest BCUT2D eigenvalue weighted by Gasteiger charge is -2.04. The molecule has 1 amide bonds. The molecule has 1 aromatic rings. The molecule has 0 spiro atoms. The number of hydrogen-bond acceptors (Lipinski definition) is 3. The van der Waals surface area contributed by atoms with E-state index < -0.39 is 0 Å². The van der Waals surface area contributed by atoms with Crippen molar-refractivity contribution >= 4 is 23.4 Å². The molecule has 0 unspecified atom stereocenters. The molecule has 90 valence electrons.